The number of ether oxygens (including phenoxy) is 1. The molecule has 86 valence electrons. The summed E-state index contributed by atoms with van der Waals surface area (Å²) in [4.78, 5) is 4.33. The van der Waals surface area contributed by atoms with Crippen molar-refractivity contribution in [2.24, 2.45) is 0 Å². The molecule has 2 N–H and O–H groups in total. The van der Waals surface area contributed by atoms with Gasteiger partial charge >= 0.3 is 0 Å². The van der Waals surface area contributed by atoms with Crippen molar-refractivity contribution in [2.75, 3.05) is 5.73 Å². The maximum Gasteiger partial charge on any atom is 0.181 e. The summed E-state index contributed by atoms with van der Waals surface area (Å²) in [7, 11) is 0. The maximum absolute atomic E-state index is 5.78. The van der Waals surface area contributed by atoms with Gasteiger partial charge in [-0.2, -0.15) is 0 Å². The minimum Gasteiger partial charge on any atom is -0.491 e. The first kappa shape index (κ1) is 11.2. The summed E-state index contributed by atoms with van der Waals surface area (Å²) in [5.41, 5.74) is 9.02. The van der Waals surface area contributed by atoms with Crippen molar-refractivity contribution in [1.82, 2.24) is 4.98 Å². The summed E-state index contributed by atoms with van der Waals surface area (Å²) in [6.45, 7) is 8.17. The highest BCUT2D eigenvalue weighted by Crippen LogP contribution is 2.34. The van der Waals surface area contributed by atoms with Gasteiger partial charge in [-0.3, -0.25) is 0 Å². The minimum atomic E-state index is 0.181. The van der Waals surface area contributed by atoms with Crippen molar-refractivity contribution in [2.45, 2.75) is 33.8 Å². The number of anilines is 1. The lowest BCUT2D eigenvalue weighted by Gasteiger charge is -2.14. The molecular weight excluding hydrogens is 220 g/mol. The topological polar surface area (TPSA) is 48.1 Å². The molecule has 3 nitrogen and oxygen atoms in total. The fourth-order valence-corrected chi connectivity index (χ4v) is 2.51. The summed E-state index contributed by atoms with van der Waals surface area (Å²) in [6, 6.07) is 2.03. The number of fused-ring (bicyclic) bond motifs is 1. The number of hydrogen-bond acceptors (Lipinski definition) is 4. The van der Waals surface area contributed by atoms with Crippen LogP contribution in [0.1, 0.15) is 25.0 Å². The van der Waals surface area contributed by atoms with Gasteiger partial charge in [0.15, 0.2) is 5.13 Å². The Morgan fingerprint density at radius 1 is 1.31 bits per heavy atom. The second-order valence-corrected chi connectivity index (χ2v) is 5.25. The molecule has 16 heavy (non-hydrogen) atoms. The van der Waals surface area contributed by atoms with Crippen LogP contribution in [-0.4, -0.2) is 11.1 Å². The molecule has 2 rings (SSSR count). The summed E-state index contributed by atoms with van der Waals surface area (Å²) in [6.07, 6.45) is 0.181. The number of aromatic nitrogens is 1. The highest BCUT2D eigenvalue weighted by molar-refractivity contribution is 7.22. The van der Waals surface area contributed by atoms with E-state index in [2.05, 4.69) is 18.8 Å². The predicted octanol–water partition coefficient (Wildman–Crippen LogP) is 3.28. The van der Waals surface area contributed by atoms with Crippen LogP contribution in [-0.2, 0) is 0 Å². The summed E-state index contributed by atoms with van der Waals surface area (Å²) in [5, 5.41) is 0.610. The standard InChI is InChI=1S/C12H16N2OS/c1-6(2)15-9-5-10-11(8(4)7(9)3)14-12(13)16-10/h5-6H,1-4H3,(H2,13,14). The fraction of sp³-hybridized carbons (Fsp3) is 0.417. The number of aryl methyl sites for hydroxylation is 1. The average Bonchev–Trinajstić information content (AvgIpc) is 2.54. The predicted molar refractivity (Wildman–Crippen MR) is 69.3 cm³/mol. The van der Waals surface area contributed by atoms with Crippen LogP contribution in [0.5, 0.6) is 5.75 Å². The molecule has 0 saturated carbocycles. The molecule has 0 aliphatic heterocycles. The quantitative estimate of drug-likeness (QED) is 0.870. The Kier molecular flexibility index (Phi) is 2.76. The van der Waals surface area contributed by atoms with Crippen LogP contribution >= 0.6 is 11.3 Å². The van der Waals surface area contributed by atoms with E-state index in [0.29, 0.717) is 5.13 Å². The van der Waals surface area contributed by atoms with E-state index in [1.807, 2.05) is 19.9 Å². The van der Waals surface area contributed by atoms with Crippen LogP contribution in [0.2, 0.25) is 0 Å². The van der Waals surface area contributed by atoms with Crippen LogP contribution in [0.15, 0.2) is 6.07 Å². The first-order valence-corrected chi connectivity index (χ1v) is 6.13. The summed E-state index contributed by atoms with van der Waals surface area (Å²) >= 11 is 1.50. The fourth-order valence-electron chi connectivity index (χ4n) is 1.68. The number of rotatable bonds is 2. The van der Waals surface area contributed by atoms with E-state index in [-0.39, 0.29) is 6.10 Å². The monoisotopic (exact) mass is 236 g/mol. The van der Waals surface area contributed by atoms with Crippen LogP contribution < -0.4 is 10.5 Å². The molecule has 0 radical (unpaired) electrons. The number of benzene rings is 1. The Hall–Kier alpha value is -1.29. The lowest BCUT2D eigenvalue weighted by Crippen LogP contribution is -2.07. The lowest BCUT2D eigenvalue weighted by atomic mass is 10.1. The van der Waals surface area contributed by atoms with Crippen LogP contribution in [0, 0.1) is 13.8 Å². The van der Waals surface area contributed by atoms with Gasteiger partial charge < -0.3 is 10.5 Å². The van der Waals surface area contributed by atoms with Gasteiger partial charge in [0.25, 0.3) is 0 Å². The second kappa shape index (κ2) is 3.94. The van der Waals surface area contributed by atoms with Gasteiger partial charge in [0.2, 0.25) is 0 Å². The van der Waals surface area contributed by atoms with Gasteiger partial charge in [-0.25, -0.2) is 4.98 Å². The van der Waals surface area contributed by atoms with Gasteiger partial charge in [-0.15, -0.1) is 0 Å². The molecule has 0 saturated heterocycles. The van der Waals surface area contributed by atoms with E-state index >= 15 is 0 Å². The van der Waals surface area contributed by atoms with E-state index < -0.39 is 0 Å². The lowest BCUT2D eigenvalue weighted by molar-refractivity contribution is 0.241. The number of thiazole rings is 1. The van der Waals surface area contributed by atoms with Crippen molar-refractivity contribution < 1.29 is 4.74 Å². The van der Waals surface area contributed by atoms with Crippen LogP contribution in [0.25, 0.3) is 10.2 Å². The smallest absolute Gasteiger partial charge is 0.181 e. The van der Waals surface area contributed by atoms with Gasteiger partial charge in [0.05, 0.1) is 16.3 Å². The SMILES string of the molecule is Cc1c(OC(C)C)cc2sc(N)nc2c1C. The molecule has 1 heterocycles. The highest BCUT2D eigenvalue weighted by Gasteiger charge is 2.12. The molecule has 0 atom stereocenters. The van der Waals surface area contributed by atoms with Crippen molar-refractivity contribution >= 4 is 26.7 Å². The Balaban J connectivity index is 2.63. The first-order chi connectivity index (χ1) is 7.49. The minimum absolute atomic E-state index is 0.181. The first-order valence-electron chi connectivity index (χ1n) is 5.32. The number of hydrogen-bond donors (Lipinski definition) is 1. The molecule has 1 aromatic heterocycles. The summed E-state index contributed by atoms with van der Waals surface area (Å²) in [5.74, 6) is 0.934. The Labute approximate surface area is 99.3 Å². The third kappa shape index (κ3) is 1.85. The molecule has 2 aromatic rings. The van der Waals surface area contributed by atoms with Crippen LogP contribution in [0.4, 0.5) is 5.13 Å². The van der Waals surface area contributed by atoms with E-state index in [1.165, 1.54) is 11.3 Å². The average molecular weight is 236 g/mol. The largest absolute Gasteiger partial charge is 0.491 e. The zero-order chi connectivity index (χ0) is 11.9. The molecule has 0 bridgehead atoms. The molecule has 0 aliphatic carbocycles. The molecule has 0 spiro atoms. The van der Waals surface area contributed by atoms with E-state index in [4.69, 9.17) is 10.5 Å². The zero-order valence-corrected chi connectivity index (χ0v) is 10.8. The van der Waals surface area contributed by atoms with Crippen molar-refractivity contribution in [3.8, 4) is 5.75 Å². The molecule has 0 unspecified atom stereocenters. The van der Waals surface area contributed by atoms with Crippen molar-refractivity contribution in [3.05, 3.63) is 17.2 Å². The summed E-state index contributed by atoms with van der Waals surface area (Å²) < 4.78 is 6.87. The maximum atomic E-state index is 5.78. The number of nitrogens with two attached hydrogens (primary N) is 1. The van der Waals surface area contributed by atoms with Gasteiger partial charge in [-0.1, -0.05) is 11.3 Å². The van der Waals surface area contributed by atoms with Gasteiger partial charge in [0, 0.05) is 0 Å². The van der Waals surface area contributed by atoms with E-state index in [0.717, 1.165) is 27.1 Å². The molecular formula is C12H16N2OS. The zero-order valence-electron chi connectivity index (χ0n) is 10.00. The molecule has 0 amide bonds. The van der Waals surface area contributed by atoms with Gasteiger partial charge in [-0.05, 0) is 44.9 Å². The molecule has 1 aromatic carbocycles. The normalized spacial score (nSPS) is 11.3. The molecule has 4 heteroatoms. The van der Waals surface area contributed by atoms with Crippen molar-refractivity contribution in [3.63, 3.8) is 0 Å². The van der Waals surface area contributed by atoms with Crippen LogP contribution in [0.3, 0.4) is 0 Å². The third-order valence-electron chi connectivity index (χ3n) is 2.58. The second-order valence-electron chi connectivity index (χ2n) is 4.19. The Morgan fingerprint density at radius 3 is 2.62 bits per heavy atom. The Morgan fingerprint density at radius 2 is 2.00 bits per heavy atom. The van der Waals surface area contributed by atoms with E-state index in [1.54, 1.807) is 0 Å². The van der Waals surface area contributed by atoms with E-state index in [9.17, 15) is 0 Å². The third-order valence-corrected chi connectivity index (χ3v) is 3.41. The highest BCUT2D eigenvalue weighted by atomic mass is 32.1. The Bertz CT molecular complexity index is 531. The van der Waals surface area contributed by atoms with Crippen molar-refractivity contribution in [1.29, 1.82) is 0 Å². The van der Waals surface area contributed by atoms with Gasteiger partial charge in [0.1, 0.15) is 5.75 Å². The molecule has 0 aliphatic rings. The number of nitrogen functional groups attached to an aromatic ring is 1. The number of nitrogens with zero attached hydrogens (tertiary/aromatic N) is 1. The molecule has 0 fully saturated rings.